The van der Waals surface area contributed by atoms with Crippen LogP contribution in [0.15, 0.2) is 11.1 Å². The van der Waals surface area contributed by atoms with E-state index in [1.54, 1.807) is 7.11 Å². The maximum absolute atomic E-state index is 11.4. The summed E-state index contributed by atoms with van der Waals surface area (Å²) in [5.41, 5.74) is -0.120. The predicted molar refractivity (Wildman–Crippen MR) is 71.8 cm³/mol. The Morgan fingerprint density at radius 3 is 3.06 bits per heavy atom. The fraction of sp³-hybridized carbons (Fsp3) is 0.600. The molecule has 0 bridgehead atoms. The van der Waals surface area contributed by atoms with Crippen molar-refractivity contribution in [2.75, 3.05) is 19.0 Å². The summed E-state index contributed by atoms with van der Waals surface area (Å²) in [6.07, 6.45) is 3.45. The first kappa shape index (κ1) is 13.4. The van der Waals surface area contributed by atoms with E-state index in [0.29, 0.717) is 16.0 Å². The minimum Gasteiger partial charge on any atom is -0.383 e. The highest BCUT2D eigenvalue weighted by molar-refractivity contribution is 14.1. The minimum atomic E-state index is -0.120. The van der Waals surface area contributed by atoms with Gasteiger partial charge in [-0.1, -0.05) is 13.3 Å². The number of H-pyrrole nitrogens is 1. The average Bonchev–Trinajstić information content (AvgIpc) is 2.25. The van der Waals surface area contributed by atoms with E-state index in [1.807, 2.05) is 22.6 Å². The number of anilines is 1. The first-order valence-electron chi connectivity index (χ1n) is 5.17. The molecule has 1 unspecified atom stereocenters. The standard InChI is InChI=1S/C10H16IN3O2/c1-3-4-7(5-16-2)14-9-8(11)10(15)13-6-12-9/h6-7H,3-5H2,1-2H3,(H2,12,13,14,15). The van der Waals surface area contributed by atoms with Gasteiger partial charge in [0.2, 0.25) is 0 Å². The molecule has 1 aromatic rings. The number of halogens is 1. The van der Waals surface area contributed by atoms with Crippen molar-refractivity contribution in [3.05, 3.63) is 20.3 Å². The van der Waals surface area contributed by atoms with Crippen LogP contribution in [0.2, 0.25) is 0 Å². The molecule has 5 nitrogen and oxygen atoms in total. The molecule has 0 radical (unpaired) electrons. The number of aromatic amines is 1. The lowest BCUT2D eigenvalue weighted by Gasteiger charge is -2.18. The van der Waals surface area contributed by atoms with E-state index in [9.17, 15) is 4.79 Å². The van der Waals surface area contributed by atoms with Crippen molar-refractivity contribution in [3.63, 3.8) is 0 Å². The van der Waals surface area contributed by atoms with Crippen LogP contribution in [-0.2, 0) is 4.74 Å². The Kier molecular flexibility index (Phi) is 5.75. The zero-order valence-corrected chi connectivity index (χ0v) is 11.6. The van der Waals surface area contributed by atoms with Crippen LogP contribution < -0.4 is 10.9 Å². The second-order valence-corrected chi connectivity index (χ2v) is 4.56. The second-order valence-electron chi connectivity index (χ2n) is 3.48. The Bertz CT molecular complexity index is 375. The Morgan fingerprint density at radius 2 is 2.44 bits per heavy atom. The molecule has 1 heterocycles. The molecule has 1 atom stereocenters. The molecule has 0 aliphatic carbocycles. The Hall–Kier alpha value is -0.630. The van der Waals surface area contributed by atoms with Crippen LogP contribution in [0.5, 0.6) is 0 Å². The van der Waals surface area contributed by atoms with Gasteiger partial charge in [0, 0.05) is 7.11 Å². The molecule has 0 aliphatic heterocycles. The summed E-state index contributed by atoms with van der Waals surface area (Å²) < 4.78 is 5.70. The molecule has 2 N–H and O–H groups in total. The third kappa shape index (κ3) is 3.75. The predicted octanol–water partition coefficient (Wildman–Crippen LogP) is 1.60. The Labute approximate surface area is 108 Å². The number of hydrogen-bond donors (Lipinski definition) is 2. The van der Waals surface area contributed by atoms with E-state index < -0.39 is 0 Å². The second kappa shape index (κ2) is 6.85. The molecule has 0 aliphatic rings. The number of nitrogens with zero attached hydrogens (tertiary/aromatic N) is 1. The Balaban J connectivity index is 2.76. The fourth-order valence-corrected chi connectivity index (χ4v) is 1.87. The molecule has 1 rings (SSSR count). The Morgan fingerprint density at radius 1 is 1.69 bits per heavy atom. The van der Waals surface area contributed by atoms with Crippen molar-refractivity contribution in [2.24, 2.45) is 0 Å². The van der Waals surface area contributed by atoms with Gasteiger partial charge < -0.3 is 15.0 Å². The molecule has 0 saturated carbocycles. The van der Waals surface area contributed by atoms with Gasteiger partial charge >= 0.3 is 0 Å². The summed E-state index contributed by atoms with van der Waals surface area (Å²) in [5, 5.41) is 3.23. The quantitative estimate of drug-likeness (QED) is 0.774. The molecule has 0 amide bonds. The van der Waals surface area contributed by atoms with Crippen molar-refractivity contribution in [3.8, 4) is 0 Å². The minimum absolute atomic E-state index is 0.120. The first-order valence-corrected chi connectivity index (χ1v) is 6.25. The molecule has 16 heavy (non-hydrogen) atoms. The molecular formula is C10H16IN3O2. The number of aromatic nitrogens is 2. The number of nitrogens with one attached hydrogen (secondary N) is 2. The first-order chi connectivity index (χ1) is 7.69. The van der Waals surface area contributed by atoms with E-state index in [2.05, 4.69) is 22.2 Å². The van der Waals surface area contributed by atoms with Crippen molar-refractivity contribution >= 4 is 28.4 Å². The number of ether oxygens (including phenoxy) is 1. The van der Waals surface area contributed by atoms with Crippen molar-refractivity contribution in [1.29, 1.82) is 0 Å². The zero-order chi connectivity index (χ0) is 12.0. The molecule has 0 saturated heterocycles. The summed E-state index contributed by atoms with van der Waals surface area (Å²) in [6.45, 7) is 2.72. The molecule has 0 fully saturated rings. The van der Waals surface area contributed by atoms with Crippen LogP contribution in [0.1, 0.15) is 19.8 Å². The number of hydrogen-bond acceptors (Lipinski definition) is 4. The largest absolute Gasteiger partial charge is 0.383 e. The van der Waals surface area contributed by atoms with E-state index in [0.717, 1.165) is 12.8 Å². The molecular weight excluding hydrogens is 321 g/mol. The van der Waals surface area contributed by atoms with E-state index in [-0.39, 0.29) is 11.6 Å². The fourth-order valence-electron chi connectivity index (χ4n) is 1.42. The SMILES string of the molecule is CCCC(COC)Nc1nc[nH]c(=O)c1I. The summed E-state index contributed by atoms with van der Waals surface area (Å²) in [4.78, 5) is 18.0. The number of methoxy groups -OCH3 is 1. The summed E-state index contributed by atoms with van der Waals surface area (Å²) in [5.74, 6) is 0.625. The van der Waals surface area contributed by atoms with Gasteiger partial charge in [0.25, 0.3) is 5.56 Å². The third-order valence-corrected chi connectivity index (χ3v) is 3.14. The van der Waals surface area contributed by atoms with Gasteiger partial charge in [-0.25, -0.2) is 4.98 Å². The average molecular weight is 337 g/mol. The van der Waals surface area contributed by atoms with Crippen molar-refractivity contribution < 1.29 is 4.74 Å². The van der Waals surface area contributed by atoms with Crippen LogP contribution in [0.3, 0.4) is 0 Å². The van der Waals surface area contributed by atoms with Crippen molar-refractivity contribution in [2.45, 2.75) is 25.8 Å². The van der Waals surface area contributed by atoms with Gasteiger partial charge in [-0.15, -0.1) is 0 Å². The van der Waals surface area contributed by atoms with Crippen LogP contribution in [-0.4, -0.2) is 29.7 Å². The smallest absolute Gasteiger partial charge is 0.266 e. The molecule has 6 heteroatoms. The van der Waals surface area contributed by atoms with Gasteiger partial charge in [-0.05, 0) is 29.0 Å². The summed E-state index contributed by atoms with van der Waals surface area (Å²) >= 11 is 1.99. The monoisotopic (exact) mass is 337 g/mol. The highest BCUT2D eigenvalue weighted by atomic mass is 127. The van der Waals surface area contributed by atoms with E-state index >= 15 is 0 Å². The maximum Gasteiger partial charge on any atom is 0.266 e. The van der Waals surface area contributed by atoms with E-state index in [4.69, 9.17) is 4.74 Å². The highest BCUT2D eigenvalue weighted by Gasteiger charge is 2.11. The van der Waals surface area contributed by atoms with Crippen molar-refractivity contribution in [1.82, 2.24) is 9.97 Å². The third-order valence-electron chi connectivity index (χ3n) is 2.14. The van der Waals surface area contributed by atoms with Gasteiger partial charge in [0.05, 0.1) is 19.0 Å². The normalized spacial score (nSPS) is 12.4. The van der Waals surface area contributed by atoms with Gasteiger partial charge in [0.1, 0.15) is 9.39 Å². The zero-order valence-electron chi connectivity index (χ0n) is 9.42. The highest BCUT2D eigenvalue weighted by Crippen LogP contribution is 2.12. The molecule has 0 aromatic carbocycles. The lowest BCUT2D eigenvalue weighted by molar-refractivity contribution is 0.182. The van der Waals surface area contributed by atoms with Crippen LogP contribution in [0, 0.1) is 3.57 Å². The van der Waals surface area contributed by atoms with Gasteiger partial charge in [-0.2, -0.15) is 0 Å². The lowest BCUT2D eigenvalue weighted by atomic mass is 10.2. The summed E-state index contributed by atoms with van der Waals surface area (Å²) in [7, 11) is 1.67. The number of rotatable bonds is 6. The van der Waals surface area contributed by atoms with E-state index in [1.165, 1.54) is 6.33 Å². The summed E-state index contributed by atoms with van der Waals surface area (Å²) in [6, 6.07) is 0.192. The molecule has 0 spiro atoms. The molecule has 1 aromatic heterocycles. The van der Waals surface area contributed by atoms with Gasteiger partial charge in [-0.3, -0.25) is 4.79 Å². The van der Waals surface area contributed by atoms with Crippen LogP contribution >= 0.6 is 22.6 Å². The topological polar surface area (TPSA) is 67.0 Å². The van der Waals surface area contributed by atoms with Crippen LogP contribution in [0.25, 0.3) is 0 Å². The maximum atomic E-state index is 11.4. The lowest BCUT2D eigenvalue weighted by Crippen LogP contribution is -2.27. The van der Waals surface area contributed by atoms with Crippen LogP contribution in [0.4, 0.5) is 5.82 Å². The molecule has 90 valence electrons. The van der Waals surface area contributed by atoms with Gasteiger partial charge in [0.15, 0.2) is 0 Å².